The summed E-state index contributed by atoms with van der Waals surface area (Å²) in [6, 6.07) is 5.56. The average Bonchev–Trinajstić information content (AvgIpc) is 2.98. The summed E-state index contributed by atoms with van der Waals surface area (Å²) in [6.07, 6.45) is 7.09. The number of aromatic nitrogens is 4. The van der Waals surface area contributed by atoms with Crippen molar-refractivity contribution in [3.8, 4) is 0 Å². The Morgan fingerprint density at radius 3 is 2.84 bits per heavy atom. The summed E-state index contributed by atoms with van der Waals surface area (Å²) in [5.74, 6) is 0.650. The van der Waals surface area contributed by atoms with E-state index >= 15 is 0 Å². The molecule has 1 aliphatic rings. The molecule has 3 aromatic rings. The lowest BCUT2D eigenvalue weighted by Crippen LogP contribution is -2.38. The first kappa shape index (κ1) is 16.0. The Morgan fingerprint density at radius 2 is 2.04 bits per heavy atom. The second-order valence-electron chi connectivity index (χ2n) is 6.58. The average molecular weight is 340 g/mol. The van der Waals surface area contributed by atoms with Crippen LogP contribution in [0.3, 0.4) is 0 Å². The highest BCUT2D eigenvalue weighted by Gasteiger charge is 2.20. The molecule has 4 rings (SSSR count). The number of halogens is 1. The maximum absolute atomic E-state index is 13.3. The molecule has 0 aliphatic carbocycles. The molecule has 130 valence electrons. The van der Waals surface area contributed by atoms with Gasteiger partial charge < -0.3 is 9.72 Å². The molecule has 3 aromatic heterocycles. The minimum Gasteiger partial charge on any atom is -0.367 e. The van der Waals surface area contributed by atoms with E-state index in [9.17, 15) is 4.39 Å². The van der Waals surface area contributed by atoms with Crippen LogP contribution in [0.4, 0.5) is 10.2 Å². The first-order chi connectivity index (χ1) is 12.2. The Kier molecular flexibility index (Phi) is 4.31. The lowest BCUT2D eigenvalue weighted by atomic mass is 10.0. The third-order valence-corrected chi connectivity index (χ3v) is 4.59. The van der Waals surface area contributed by atoms with Crippen LogP contribution in [0.5, 0.6) is 0 Å². The first-order valence-corrected chi connectivity index (χ1v) is 8.56. The Labute approximate surface area is 145 Å². The van der Waals surface area contributed by atoms with E-state index in [4.69, 9.17) is 0 Å². The number of aryl methyl sites for hydroxylation is 1. The van der Waals surface area contributed by atoms with Crippen LogP contribution in [-0.2, 0) is 6.54 Å². The van der Waals surface area contributed by atoms with Crippen molar-refractivity contribution in [2.24, 2.45) is 0 Å². The molecule has 0 spiro atoms. The van der Waals surface area contributed by atoms with Gasteiger partial charge in [-0.3, -0.25) is 4.90 Å². The maximum atomic E-state index is 13.3. The highest BCUT2D eigenvalue weighted by Crippen LogP contribution is 2.17. The van der Waals surface area contributed by atoms with Crippen molar-refractivity contribution < 1.29 is 4.39 Å². The Balaban J connectivity index is 1.33. The van der Waals surface area contributed by atoms with Crippen LogP contribution in [0.15, 0.2) is 36.9 Å². The van der Waals surface area contributed by atoms with Gasteiger partial charge in [0.05, 0.1) is 5.69 Å². The normalized spacial score (nSPS) is 16.4. The van der Waals surface area contributed by atoms with Gasteiger partial charge in [0, 0.05) is 49.8 Å². The lowest BCUT2D eigenvalue weighted by Gasteiger charge is -2.32. The number of anilines is 1. The quantitative estimate of drug-likeness (QED) is 0.791. The van der Waals surface area contributed by atoms with Gasteiger partial charge in [-0.1, -0.05) is 0 Å². The van der Waals surface area contributed by atoms with Crippen molar-refractivity contribution in [2.45, 2.75) is 32.4 Å². The Hall–Kier alpha value is -2.54. The second kappa shape index (κ2) is 6.76. The molecular weight excluding hydrogens is 319 g/mol. The smallest absolute Gasteiger partial charge is 0.139 e. The molecule has 4 heterocycles. The Bertz CT molecular complexity index is 869. The Morgan fingerprint density at radius 1 is 1.20 bits per heavy atom. The molecule has 0 amide bonds. The largest absolute Gasteiger partial charge is 0.367 e. The van der Waals surface area contributed by atoms with Crippen LogP contribution in [0.25, 0.3) is 5.65 Å². The van der Waals surface area contributed by atoms with Crippen molar-refractivity contribution in [3.63, 3.8) is 0 Å². The molecule has 0 saturated carbocycles. The summed E-state index contributed by atoms with van der Waals surface area (Å²) >= 11 is 0. The van der Waals surface area contributed by atoms with Gasteiger partial charge in [0.25, 0.3) is 0 Å². The molecule has 0 atom stereocenters. The summed E-state index contributed by atoms with van der Waals surface area (Å²) in [7, 11) is 0. The van der Waals surface area contributed by atoms with E-state index in [1.54, 1.807) is 16.8 Å². The van der Waals surface area contributed by atoms with Gasteiger partial charge in [-0.2, -0.15) is 0 Å². The van der Waals surface area contributed by atoms with E-state index in [-0.39, 0.29) is 5.82 Å². The maximum Gasteiger partial charge on any atom is 0.139 e. The molecule has 0 radical (unpaired) electrons. The van der Waals surface area contributed by atoms with Crippen molar-refractivity contribution in [2.75, 3.05) is 18.4 Å². The molecule has 6 nitrogen and oxygen atoms in total. The molecule has 1 fully saturated rings. The van der Waals surface area contributed by atoms with Gasteiger partial charge in [-0.15, -0.1) is 0 Å². The van der Waals surface area contributed by atoms with Crippen molar-refractivity contribution in [3.05, 3.63) is 54.1 Å². The van der Waals surface area contributed by atoms with Gasteiger partial charge in [-0.05, 0) is 31.9 Å². The van der Waals surface area contributed by atoms with Crippen LogP contribution in [0.1, 0.15) is 24.2 Å². The minimum atomic E-state index is -0.247. The zero-order valence-electron chi connectivity index (χ0n) is 14.2. The number of pyridine rings is 1. The third-order valence-electron chi connectivity index (χ3n) is 4.59. The van der Waals surface area contributed by atoms with Crippen molar-refractivity contribution >= 4 is 11.5 Å². The number of hydrogen-bond donors (Lipinski definition) is 1. The van der Waals surface area contributed by atoms with Gasteiger partial charge in [0.1, 0.15) is 23.6 Å². The van der Waals surface area contributed by atoms with Crippen LogP contribution >= 0.6 is 0 Å². The molecule has 7 heteroatoms. The van der Waals surface area contributed by atoms with Crippen molar-refractivity contribution in [1.29, 1.82) is 0 Å². The number of likely N-dealkylation sites (tertiary alicyclic amines) is 1. The van der Waals surface area contributed by atoms with E-state index in [0.29, 0.717) is 6.04 Å². The SMILES string of the molecule is Cc1cc(NC2CCN(Cc3cn4cc(F)ccc4n3)CC2)ncn1. The third kappa shape index (κ3) is 3.76. The lowest BCUT2D eigenvalue weighted by molar-refractivity contribution is 0.209. The fourth-order valence-corrected chi connectivity index (χ4v) is 3.30. The van der Waals surface area contributed by atoms with Crippen LogP contribution in [0, 0.1) is 12.7 Å². The van der Waals surface area contributed by atoms with Crippen LogP contribution in [0.2, 0.25) is 0 Å². The molecule has 1 aliphatic heterocycles. The first-order valence-electron chi connectivity index (χ1n) is 8.56. The predicted octanol–water partition coefficient (Wildman–Crippen LogP) is 2.65. The monoisotopic (exact) mass is 340 g/mol. The highest BCUT2D eigenvalue weighted by molar-refractivity contribution is 5.39. The summed E-state index contributed by atoms with van der Waals surface area (Å²) in [4.78, 5) is 15.4. The molecule has 0 unspecified atom stereocenters. The summed E-state index contributed by atoms with van der Waals surface area (Å²) in [6.45, 7) is 4.77. The van der Waals surface area contributed by atoms with Gasteiger partial charge in [0.15, 0.2) is 0 Å². The number of nitrogens with zero attached hydrogens (tertiary/aromatic N) is 5. The summed E-state index contributed by atoms with van der Waals surface area (Å²) in [5.41, 5.74) is 2.73. The number of piperidine rings is 1. The van der Waals surface area contributed by atoms with Gasteiger partial charge in [0.2, 0.25) is 0 Å². The highest BCUT2D eigenvalue weighted by atomic mass is 19.1. The van der Waals surface area contributed by atoms with E-state index in [1.165, 1.54) is 12.3 Å². The fourth-order valence-electron chi connectivity index (χ4n) is 3.30. The molecule has 1 N–H and O–H groups in total. The molecule has 0 aromatic carbocycles. The summed E-state index contributed by atoms with van der Waals surface area (Å²) in [5, 5.41) is 3.49. The van der Waals surface area contributed by atoms with E-state index in [1.807, 2.05) is 19.2 Å². The van der Waals surface area contributed by atoms with E-state index in [0.717, 1.165) is 55.3 Å². The zero-order chi connectivity index (χ0) is 17.2. The molecule has 25 heavy (non-hydrogen) atoms. The zero-order valence-corrected chi connectivity index (χ0v) is 14.2. The topological polar surface area (TPSA) is 58.4 Å². The number of fused-ring (bicyclic) bond motifs is 1. The standard InChI is InChI=1S/C18H21FN6/c1-13-8-17(21-12-20-13)22-15-4-6-24(7-5-15)10-16-11-25-9-14(19)2-3-18(25)23-16/h2-3,8-9,11-12,15H,4-7,10H2,1H3,(H,20,21,22). The van der Waals surface area contributed by atoms with Gasteiger partial charge in [-0.25, -0.2) is 19.3 Å². The van der Waals surface area contributed by atoms with E-state index < -0.39 is 0 Å². The van der Waals surface area contributed by atoms with Crippen LogP contribution in [-0.4, -0.2) is 43.4 Å². The fraction of sp³-hybridized carbons (Fsp3) is 0.389. The number of rotatable bonds is 4. The number of imidazole rings is 1. The molecular formula is C18H21FN6. The van der Waals surface area contributed by atoms with Gasteiger partial charge >= 0.3 is 0 Å². The number of nitrogens with one attached hydrogen (secondary N) is 1. The summed E-state index contributed by atoms with van der Waals surface area (Å²) < 4.78 is 15.0. The number of hydrogen-bond acceptors (Lipinski definition) is 5. The van der Waals surface area contributed by atoms with Crippen LogP contribution < -0.4 is 5.32 Å². The predicted molar refractivity (Wildman–Crippen MR) is 93.8 cm³/mol. The molecule has 0 bridgehead atoms. The second-order valence-corrected chi connectivity index (χ2v) is 6.58. The molecule has 1 saturated heterocycles. The minimum absolute atomic E-state index is 0.247. The van der Waals surface area contributed by atoms with E-state index in [2.05, 4.69) is 25.2 Å². The van der Waals surface area contributed by atoms with Crippen molar-refractivity contribution in [1.82, 2.24) is 24.3 Å².